The molecule has 1 unspecified atom stereocenters. The highest BCUT2D eigenvalue weighted by atomic mass is 19.4. The van der Waals surface area contributed by atoms with Crippen molar-refractivity contribution in [2.45, 2.75) is 58.0 Å². The number of halogens is 3. The second kappa shape index (κ2) is 6.70. The zero-order valence-corrected chi connectivity index (χ0v) is 13.7. The molecule has 0 radical (unpaired) electrons. The molecule has 2 aliphatic rings. The molecular weight excluding hydrogens is 297 g/mol. The van der Waals surface area contributed by atoms with Gasteiger partial charge in [0.2, 0.25) is 0 Å². The molecule has 0 saturated heterocycles. The Balaban J connectivity index is 1.62. The summed E-state index contributed by atoms with van der Waals surface area (Å²) < 4.78 is 37.9. The summed E-state index contributed by atoms with van der Waals surface area (Å²) in [5.74, 6) is 2.52. The van der Waals surface area contributed by atoms with Gasteiger partial charge in [-0.3, -0.25) is 0 Å². The van der Waals surface area contributed by atoms with Gasteiger partial charge >= 0.3 is 6.18 Å². The molecule has 3 rings (SSSR count). The van der Waals surface area contributed by atoms with Crippen LogP contribution in [0, 0.1) is 17.8 Å². The van der Waals surface area contributed by atoms with Crippen molar-refractivity contribution in [2.75, 3.05) is 0 Å². The summed E-state index contributed by atoms with van der Waals surface area (Å²) in [6, 6.07) is 5.64. The van der Waals surface area contributed by atoms with Gasteiger partial charge in [-0.2, -0.15) is 13.2 Å². The Hall–Kier alpha value is -1.25. The van der Waals surface area contributed by atoms with E-state index in [-0.39, 0.29) is 0 Å². The van der Waals surface area contributed by atoms with Crippen molar-refractivity contribution in [1.29, 1.82) is 0 Å². The molecule has 1 atom stereocenters. The van der Waals surface area contributed by atoms with E-state index < -0.39 is 11.7 Å². The lowest BCUT2D eigenvalue weighted by Gasteiger charge is -2.34. The van der Waals surface area contributed by atoms with Gasteiger partial charge in [0.25, 0.3) is 0 Å². The molecule has 0 heterocycles. The summed E-state index contributed by atoms with van der Waals surface area (Å²) in [7, 11) is 0. The number of rotatable bonds is 2. The standard InChI is InChI=1S/C20H25F3/c1-14-2-4-15(5-3-14)16-6-8-17(9-7-16)18-10-12-19(13-11-18)20(21,22)23/h8,10-16H,2-7,9H2,1H3. The quantitative estimate of drug-likeness (QED) is 0.567. The van der Waals surface area contributed by atoms with Crippen LogP contribution in [-0.4, -0.2) is 0 Å². The van der Waals surface area contributed by atoms with Gasteiger partial charge in [0.1, 0.15) is 0 Å². The van der Waals surface area contributed by atoms with Gasteiger partial charge < -0.3 is 0 Å². The van der Waals surface area contributed by atoms with Gasteiger partial charge in [-0.05, 0) is 73.1 Å². The Morgan fingerprint density at radius 2 is 1.52 bits per heavy atom. The van der Waals surface area contributed by atoms with Crippen molar-refractivity contribution in [3.05, 3.63) is 41.5 Å². The maximum atomic E-state index is 12.6. The van der Waals surface area contributed by atoms with Crippen molar-refractivity contribution in [1.82, 2.24) is 0 Å². The molecule has 3 heteroatoms. The average molecular weight is 322 g/mol. The SMILES string of the molecule is CC1CCC(C2CC=C(c3ccc(C(F)(F)F)cc3)CC2)CC1. The molecule has 2 aliphatic carbocycles. The van der Waals surface area contributed by atoms with Crippen LogP contribution in [0.15, 0.2) is 30.3 Å². The van der Waals surface area contributed by atoms with Crippen LogP contribution in [0.4, 0.5) is 13.2 Å². The lowest BCUT2D eigenvalue weighted by molar-refractivity contribution is -0.137. The van der Waals surface area contributed by atoms with Crippen molar-refractivity contribution >= 4 is 5.57 Å². The van der Waals surface area contributed by atoms with E-state index in [0.29, 0.717) is 0 Å². The Labute approximate surface area is 136 Å². The highest BCUT2D eigenvalue weighted by molar-refractivity contribution is 5.66. The lowest BCUT2D eigenvalue weighted by Crippen LogP contribution is -2.22. The van der Waals surface area contributed by atoms with Gasteiger partial charge in [-0.15, -0.1) is 0 Å². The van der Waals surface area contributed by atoms with Crippen molar-refractivity contribution < 1.29 is 13.2 Å². The van der Waals surface area contributed by atoms with E-state index >= 15 is 0 Å². The number of hydrogen-bond donors (Lipinski definition) is 0. The molecule has 1 fully saturated rings. The summed E-state index contributed by atoms with van der Waals surface area (Å²) in [6.07, 6.45) is 6.73. The fraction of sp³-hybridized carbons (Fsp3) is 0.600. The van der Waals surface area contributed by atoms with Crippen molar-refractivity contribution in [2.24, 2.45) is 17.8 Å². The Kier molecular flexibility index (Phi) is 4.84. The molecule has 0 aromatic heterocycles. The Bertz CT molecular complexity index is 545. The highest BCUT2D eigenvalue weighted by Gasteiger charge is 2.30. The lowest BCUT2D eigenvalue weighted by atomic mass is 9.71. The van der Waals surface area contributed by atoms with Gasteiger partial charge in [-0.25, -0.2) is 0 Å². The summed E-state index contributed by atoms with van der Waals surface area (Å²) in [6.45, 7) is 2.35. The maximum absolute atomic E-state index is 12.6. The molecule has 0 spiro atoms. The predicted molar refractivity (Wildman–Crippen MR) is 87.9 cm³/mol. The molecule has 0 amide bonds. The number of alkyl halides is 3. The molecule has 0 N–H and O–H groups in total. The minimum absolute atomic E-state index is 0.563. The molecule has 0 nitrogen and oxygen atoms in total. The van der Waals surface area contributed by atoms with Crippen LogP contribution >= 0.6 is 0 Å². The third kappa shape index (κ3) is 3.99. The van der Waals surface area contributed by atoms with Gasteiger partial charge in [0, 0.05) is 0 Å². The Morgan fingerprint density at radius 3 is 2.04 bits per heavy atom. The van der Waals surface area contributed by atoms with E-state index in [9.17, 15) is 13.2 Å². The third-order valence-electron chi connectivity index (χ3n) is 5.76. The van der Waals surface area contributed by atoms with E-state index in [1.54, 1.807) is 12.1 Å². The fourth-order valence-corrected chi connectivity index (χ4v) is 4.18. The summed E-state index contributed by atoms with van der Waals surface area (Å²) in [4.78, 5) is 0. The first-order chi connectivity index (χ1) is 10.9. The second-order valence-electron chi connectivity index (χ2n) is 7.36. The molecule has 23 heavy (non-hydrogen) atoms. The van der Waals surface area contributed by atoms with E-state index in [4.69, 9.17) is 0 Å². The van der Waals surface area contributed by atoms with Crippen molar-refractivity contribution in [3.63, 3.8) is 0 Å². The molecule has 1 aromatic carbocycles. The van der Waals surface area contributed by atoms with Gasteiger partial charge in [0.05, 0.1) is 5.56 Å². The fourth-order valence-electron chi connectivity index (χ4n) is 4.18. The van der Waals surface area contributed by atoms with Gasteiger partial charge in [0.15, 0.2) is 0 Å². The summed E-state index contributed by atoms with van der Waals surface area (Å²) in [5.41, 5.74) is 1.61. The van der Waals surface area contributed by atoms with E-state index in [1.807, 2.05) is 0 Å². The Morgan fingerprint density at radius 1 is 0.870 bits per heavy atom. The van der Waals surface area contributed by atoms with E-state index in [1.165, 1.54) is 49.8 Å². The molecule has 126 valence electrons. The largest absolute Gasteiger partial charge is 0.416 e. The monoisotopic (exact) mass is 322 g/mol. The molecular formula is C20H25F3. The number of allylic oxidation sites excluding steroid dienone is 2. The van der Waals surface area contributed by atoms with Crippen LogP contribution in [-0.2, 0) is 6.18 Å². The zero-order chi connectivity index (χ0) is 16.4. The second-order valence-corrected chi connectivity index (χ2v) is 7.36. The van der Waals surface area contributed by atoms with Crippen LogP contribution in [0.5, 0.6) is 0 Å². The number of hydrogen-bond acceptors (Lipinski definition) is 0. The minimum Gasteiger partial charge on any atom is -0.166 e. The zero-order valence-electron chi connectivity index (χ0n) is 13.7. The predicted octanol–water partition coefficient (Wildman–Crippen LogP) is 6.72. The molecule has 1 aromatic rings. The molecule has 1 saturated carbocycles. The number of benzene rings is 1. The summed E-state index contributed by atoms with van der Waals surface area (Å²) >= 11 is 0. The van der Waals surface area contributed by atoms with Crippen LogP contribution < -0.4 is 0 Å². The first kappa shape index (κ1) is 16.6. The minimum atomic E-state index is -4.25. The van der Waals surface area contributed by atoms with Crippen LogP contribution in [0.25, 0.3) is 5.57 Å². The normalized spacial score (nSPS) is 29.2. The first-order valence-corrected chi connectivity index (χ1v) is 8.80. The van der Waals surface area contributed by atoms with Gasteiger partial charge in [-0.1, -0.05) is 38.0 Å². The summed E-state index contributed by atoms with van der Waals surface area (Å²) in [5, 5.41) is 0. The molecule has 0 bridgehead atoms. The smallest absolute Gasteiger partial charge is 0.166 e. The highest BCUT2D eigenvalue weighted by Crippen LogP contribution is 2.41. The maximum Gasteiger partial charge on any atom is 0.416 e. The van der Waals surface area contributed by atoms with Crippen molar-refractivity contribution in [3.8, 4) is 0 Å². The topological polar surface area (TPSA) is 0 Å². The molecule has 0 aliphatic heterocycles. The van der Waals surface area contributed by atoms with E-state index in [2.05, 4.69) is 13.0 Å². The third-order valence-corrected chi connectivity index (χ3v) is 5.76. The van der Waals surface area contributed by atoms with Crippen LogP contribution in [0.1, 0.15) is 63.0 Å². The van der Waals surface area contributed by atoms with E-state index in [0.717, 1.165) is 36.2 Å². The van der Waals surface area contributed by atoms with Crippen LogP contribution in [0.3, 0.4) is 0 Å². The first-order valence-electron chi connectivity index (χ1n) is 8.80. The average Bonchev–Trinajstić information content (AvgIpc) is 2.55. The van der Waals surface area contributed by atoms with Crippen LogP contribution in [0.2, 0.25) is 0 Å².